The van der Waals surface area contributed by atoms with Gasteiger partial charge < -0.3 is 5.32 Å². The number of nitrogens with one attached hydrogen (secondary N) is 1. The Kier molecular flexibility index (Phi) is 6.10. The molecule has 0 unspecified atom stereocenters. The van der Waals surface area contributed by atoms with Crippen LogP contribution in [-0.2, 0) is 18.4 Å². The van der Waals surface area contributed by atoms with Crippen molar-refractivity contribution in [2.75, 3.05) is 0 Å². The highest BCUT2D eigenvalue weighted by molar-refractivity contribution is 5.96. The fraction of sp³-hybridized carbons (Fsp3) is 0.238. The zero-order valence-corrected chi connectivity index (χ0v) is 15.3. The molecule has 6 heteroatoms. The molecule has 27 heavy (non-hydrogen) atoms. The molecule has 0 saturated heterocycles. The number of hydrogen-bond donors (Lipinski definition) is 1. The molecule has 2 heterocycles. The van der Waals surface area contributed by atoms with Gasteiger partial charge in [-0.1, -0.05) is 30.3 Å². The highest BCUT2D eigenvalue weighted by Gasteiger charge is 2.08. The normalized spacial score (nSPS) is 10.6. The minimum atomic E-state index is -0.0670. The summed E-state index contributed by atoms with van der Waals surface area (Å²) >= 11 is 0. The number of aryl methyl sites for hydroxylation is 1. The molecule has 1 amide bonds. The summed E-state index contributed by atoms with van der Waals surface area (Å²) in [5.74, 6) is -0.000542. The first-order chi connectivity index (χ1) is 13.1. The third-order valence-corrected chi connectivity index (χ3v) is 4.23. The Morgan fingerprint density at radius 2 is 1.85 bits per heavy atom. The summed E-state index contributed by atoms with van der Waals surface area (Å²) in [6.07, 6.45) is 8.44. The van der Waals surface area contributed by atoms with Crippen LogP contribution in [0.2, 0.25) is 0 Å². The van der Waals surface area contributed by atoms with Crippen molar-refractivity contribution in [2.45, 2.75) is 25.8 Å². The van der Waals surface area contributed by atoms with Gasteiger partial charge in [0.15, 0.2) is 5.78 Å². The molecule has 2 aromatic heterocycles. The van der Waals surface area contributed by atoms with Crippen molar-refractivity contribution in [2.24, 2.45) is 7.05 Å². The molecule has 0 aliphatic heterocycles. The van der Waals surface area contributed by atoms with Crippen molar-refractivity contribution in [1.82, 2.24) is 20.1 Å². The van der Waals surface area contributed by atoms with Gasteiger partial charge in [0, 0.05) is 61.7 Å². The van der Waals surface area contributed by atoms with E-state index >= 15 is 0 Å². The lowest BCUT2D eigenvalue weighted by molar-refractivity contribution is -0.121. The van der Waals surface area contributed by atoms with Crippen LogP contribution in [0.5, 0.6) is 0 Å². The smallest absolute Gasteiger partial charge is 0.220 e. The molecule has 0 atom stereocenters. The molecular weight excluding hydrogens is 340 g/mol. The third kappa shape index (κ3) is 5.34. The zero-order valence-electron chi connectivity index (χ0n) is 15.3. The first-order valence-electron chi connectivity index (χ1n) is 8.90. The van der Waals surface area contributed by atoms with E-state index in [9.17, 15) is 9.59 Å². The van der Waals surface area contributed by atoms with Crippen LogP contribution in [0.4, 0.5) is 0 Å². The fourth-order valence-electron chi connectivity index (χ4n) is 2.78. The lowest BCUT2D eigenvalue weighted by atomic mass is 10.1. The van der Waals surface area contributed by atoms with Gasteiger partial charge in [-0.2, -0.15) is 5.10 Å². The number of aromatic nitrogens is 3. The molecule has 6 nitrogen and oxygen atoms in total. The van der Waals surface area contributed by atoms with E-state index in [0.717, 1.165) is 16.7 Å². The zero-order chi connectivity index (χ0) is 19.1. The molecule has 0 fully saturated rings. The van der Waals surface area contributed by atoms with Gasteiger partial charge in [0.2, 0.25) is 5.91 Å². The van der Waals surface area contributed by atoms with E-state index in [0.29, 0.717) is 31.4 Å². The summed E-state index contributed by atoms with van der Waals surface area (Å²) in [4.78, 5) is 28.3. The highest BCUT2D eigenvalue weighted by atomic mass is 16.1. The van der Waals surface area contributed by atoms with Crippen LogP contribution in [-0.4, -0.2) is 26.5 Å². The average molecular weight is 362 g/mol. The molecule has 0 aliphatic rings. The van der Waals surface area contributed by atoms with Gasteiger partial charge in [0.1, 0.15) is 0 Å². The molecule has 3 aromatic rings. The fourth-order valence-corrected chi connectivity index (χ4v) is 2.78. The maximum absolute atomic E-state index is 12.0. The van der Waals surface area contributed by atoms with E-state index < -0.39 is 0 Å². The molecule has 0 bridgehead atoms. The Morgan fingerprint density at radius 1 is 1.04 bits per heavy atom. The topological polar surface area (TPSA) is 76.9 Å². The Balaban J connectivity index is 1.45. The van der Waals surface area contributed by atoms with Crippen LogP contribution in [0.25, 0.3) is 11.1 Å². The number of nitrogens with zero attached hydrogens (tertiary/aromatic N) is 3. The predicted octanol–water partition coefficient (Wildman–Crippen LogP) is 3.15. The summed E-state index contributed by atoms with van der Waals surface area (Å²) in [6, 6.07) is 11.1. The van der Waals surface area contributed by atoms with Crippen LogP contribution < -0.4 is 5.32 Å². The van der Waals surface area contributed by atoms with E-state index in [1.807, 2.05) is 37.5 Å². The summed E-state index contributed by atoms with van der Waals surface area (Å²) in [5.41, 5.74) is 3.56. The van der Waals surface area contributed by atoms with E-state index in [1.165, 1.54) is 0 Å². The van der Waals surface area contributed by atoms with Crippen LogP contribution in [0.3, 0.4) is 0 Å². The van der Waals surface area contributed by atoms with Crippen LogP contribution in [0, 0.1) is 0 Å². The Hall–Kier alpha value is -3.28. The first kappa shape index (κ1) is 18.5. The Bertz CT molecular complexity index is 919. The number of pyridine rings is 1. The lowest BCUT2D eigenvalue weighted by Gasteiger charge is -2.06. The number of benzene rings is 1. The van der Waals surface area contributed by atoms with E-state index in [4.69, 9.17) is 0 Å². The van der Waals surface area contributed by atoms with Gasteiger partial charge in [0.05, 0.1) is 6.20 Å². The third-order valence-electron chi connectivity index (χ3n) is 4.23. The maximum atomic E-state index is 12.0. The van der Waals surface area contributed by atoms with Gasteiger partial charge in [0.25, 0.3) is 0 Å². The number of carbonyl (C=O) groups excluding carboxylic acids is 2. The van der Waals surface area contributed by atoms with Crippen LogP contribution >= 0.6 is 0 Å². The van der Waals surface area contributed by atoms with Gasteiger partial charge in [-0.05, 0) is 18.1 Å². The summed E-state index contributed by atoms with van der Waals surface area (Å²) in [5, 5.41) is 7.04. The van der Waals surface area contributed by atoms with Crippen LogP contribution in [0.15, 0.2) is 61.2 Å². The summed E-state index contributed by atoms with van der Waals surface area (Å²) < 4.78 is 1.74. The largest absolute Gasteiger partial charge is 0.352 e. The second kappa shape index (κ2) is 8.89. The average Bonchev–Trinajstić information content (AvgIpc) is 3.13. The number of amides is 1. The quantitative estimate of drug-likeness (QED) is 0.625. The van der Waals surface area contributed by atoms with Crippen molar-refractivity contribution in [3.05, 3.63) is 72.3 Å². The molecule has 0 aliphatic carbocycles. The van der Waals surface area contributed by atoms with Crippen molar-refractivity contribution in [3.8, 4) is 11.1 Å². The summed E-state index contributed by atoms with van der Waals surface area (Å²) in [7, 11) is 1.86. The molecule has 138 valence electrons. The number of carbonyl (C=O) groups is 2. The van der Waals surface area contributed by atoms with Crippen molar-refractivity contribution >= 4 is 11.7 Å². The maximum Gasteiger partial charge on any atom is 0.220 e. The lowest BCUT2D eigenvalue weighted by Crippen LogP contribution is -2.22. The van der Waals surface area contributed by atoms with Gasteiger partial charge >= 0.3 is 0 Å². The van der Waals surface area contributed by atoms with Crippen LogP contribution in [0.1, 0.15) is 35.2 Å². The number of hydrogen-bond acceptors (Lipinski definition) is 4. The molecule has 0 radical (unpaired) electrons. The number of ketones is 1. The molecule has 1 aromatic carbocycles. The summed E-state index contributed by atoms with van der Waals surface area (Å²) in [6.45, 7) is 0.409. The molecule has 0 saturated carbocycles. The molecule has 0 spiro atoms. The second-order valence-corrected chi connectivity index (χ2v) is 6.40. The SMILES string of the molecule is Cn1cc(-c2cncc(CNC(=O)CCCC(=O)c3ccccc3)c2)cn1. The van der Waals surface area contributed by atoms with Gasteiger partial charge in [-0.15, -0.1) is 0 Å². The number of Topliss-reactive ketones (excluding diaryl/α,β-unsaturated/α-hetero) is 1. The van der Waals surface area contributed by atoms with Gasteiger partial charge in [-0.3, -0.25) is 19.3 Å². The Morgan fingerprint density at radius 3 is 2.59 bits per heavy atom. The molecular formula is C21H22N4O2. The predicted molar refractivity (Wildman–Crippen MR) is 103 cm³/mol. The molecule has 3 rings (SSSR count). The monoisotopic (exact) mass is 362 g/mol. The minimum Gasteiger partial charge on any atom is -0.352 e. The van der Waals surface area contributed by atoms with Crippen molar-refractivity contribution in [1.29, 1.82) is 0 Å². The minimum absolute atomic E-state index is 0.0665. The highest BCUT2D eigenvalue weighted by Crippen LogP contribution is 2.18. The van der Waals surface area contributed by atoms with E-state index in [-0.39, 0.29) is 11.7 Å². The first-order valence-corrected chi connectivity index (χ1v) is 8.90. The van der Waals surface area contributed by atoms with E-state index in [2.05, 4.69) is 15.4 Å². The van der Waals surface area contributed by atoms with Gasteiger partial charge in [-0.25, -0.2) is 0 Å². The standard InChI is InChI=1S/C21H22N4O2/c1-25-15-19(14-24-25)18-10-16(11-22-13-18)12-23-21(27)9-5-8-20(26)17-6-3-2-4-7-17/h2-4,6-7,10-11,13-15H,5,8-9,12H2,1H3,(H,23,27). The van der Waals surface area contributed by atoms with E-state index in [1.54, 1.807) is 35.4 Å². The van der Waals surface area contributed by atoms with Crippen molar-refractivity contribution in [3.63, 3.8) is 0 Å². The Labute approximate surface area is 158 Å². The number of rotatable bonds is 8. The van der Waals surface area contributed by atoms with Crippen molar-refractivity contribution < 1.29 is 9.59 Å². The molecule has 1 N–H and O–H groups in total. The second-order valence-electron chi connectivity index (χ2n) is 6.40.